The molecule has 0 saturated carbocycles. The Bertz CT molecular complexity index is 1530. The average molecular weight is 505 g/mol. The first-order valence-electron chi connectivity index (χ1n) is 11.8. The molecule has 1 atom stereocenters. The maximum absolute atomic E-state index is 13.7. The van der Waals surface area contributed by atoms with E-state index in [1.54, 1.807) is 42.7 Å². The molecule has 4 rings (SSSR count). The van der Waals surface area contributed by atoms with Crippen molar-refractivity contribution < 1.29 is 19.1 Å². The molecule has 186 valence electrons. The lowest BCUT2D eigenvalue weighted by Crippen LogP contribution is -2.39. The smallest absolute Gasteiger partial charge is 0.338 e. The van der Waals surface area contributed by atoms with E-state index in [-0.39, 0.29) is 12.2 Å². The van der Waals surface area contributed by atoms with E-state index in [4.69, 9.17) is 9.47 Å². The normalized spacial score (nSPS) is 15.5. The summed E-state index contributed by atoms with van der Waals surface area (Å²) >= 11 is 1.25. The Balaban J connectivity index is 1.89. The van der Waals surface area contributed by atoms with Gasteiger partial charge in [-0.05, 0) is 54.7 Å². The molecule has 8 heteroatoms. The second kappa shape index (κ2) is 10.5. The second-order valence-electron chi connectivity index (χ2n) is 8.79. The number of carbonyl (C=O) groups excluding carboxylic acids is 2. The Morgan fingerprint density at radius 1 is 1.17 bits per heavy atom. The molecule has 1 aromatic heterocycles. The molecule has 0 bridgehead atoms. The Hall–Kier alpha value is -3.78. The van der Waals surface area contributed by atoms with Gasteiger partial charge in [-0.2, -0.15) is 0 Å². The number of benzene rings is 2. The van der Waals surface area contributed by atoms with E-state index < -0.39 is 18.0 Å². The van der Waals surface area contributed by atoms with Crippen LogP contribution >= 0.6 is 11.3 Å². The predicted octanol–water partition coefficient (Wildman–Crippen LogP) is 3.85. The van der Waals surface area contributed by atoms with Gasteiger partial charge in [0.2, 0.25) is 0 Å². The number of carbonyl (C=O) groups is 2. The highest BCUT2D eigenvalue weighted by Crippen LogP contribution is 2.31. The molecule has 36 heavy (non-hydrogen) atoms. The third-order valence-electron chi connectivity index (χ3n) is 5.85. The average Bonchev–Trinajstić information content (AvgIpc) is 3.12. The first-order chi connectivity index (χ1) is 17.2. The van der Waals surface area contributed by atoms with E-state index in [9.17, 15) is 14.4 Å². The highest BCUT2D eigenvalue weighted by Gasteiger charge is 2.33. The molecule has 1 aliphatic rings. The second-order valence-corrected chi connectivity index (χ2v) is 9.80. The Kier molecular flexibility index (Phi) is 7.35. The number of fused-ring (bicyclic) bond motifs is 1. The van der Waals surface area contributed by atoms with Crippen molar-refractivity contribution in [2.75, 3.05) is 6.61 Å². The molecular formula is C28H28N2O5S. The van der Waals surface area contributed by atoms with Gasteiger partial charge in [-0.25, -0.2) is 9.79 Å². The van der Waals surface area contributed by atoms with Crippen molar-refractivity contribution in [3.63, 3.8) is 0 Å². The van der Waals surface area contributed by atoms with Crippen LogP contribution in [0.4, 0.5) is 0 Å². The molecule has 0 fully saturated rings. The standard InChI is InChI=1S/C28H28N2O5S/c1-6-34-27(33)24-17(4)29-28-30(25(24)21-12-10-20(11-13-21)16(2)3)26(32)23(36-28)15-19-8-7-9-22(14-19)35-18(5)31/h7-16,25H,6H2,1-5H3/b23-15-/t25-/m0/s1. The highest BCUT2D eigenvalue weighted by atomic mass is 32.1. The van der Waals surface area contributed by atoms with E-state index in [0.29, 0.717) is 37.8 Å². The minimum absolute atomic E-state index is 0.220. The molecule has 7 nitrogen and oxygen atoms in total. The summed E-state index contributed by atoms with van der Waals surface area (Å²) in [5.41, 5.74) is 3.29. The van der Waals surface area contributed by atoms with Gasteiger partial charge in [-0.3, -0.25) is 14.2 Å². The lowest BCUT2D eigenvalue weighted by Gasteiger charge is -2.25. The predicted molar refractivity (Wildman–Crippen MR) is 139 cm³/mol. The van der Waals surface area contributed by atoms with Gasteiger partial charge < -0.3 is 9.47 Å². The van der Waals surface area contributed by atoms with Gasteiger partial charge in [0.1, 0.15) is 5.75 Å². The molecule has 2 aromatic carbocycles. The summed E-state index contributed by atoms with van der Waals surface area (Å²) in [7, 11) is 0. The number of aromatic nitrogens is 1. The lowest BCUT2D eigenvalue weighted by atomic mass is 9.93. The molecular weight excluding hydrogens is 476 g/mol. The minimum Gasteiger partial charge on any atom is -0.463 e. The first-order valence-corrected chi connectivity index (χ1v) is 12.6. The fraction of sp³-hybridized carbons (Fsp3) is 0.286. The number of nitrogens with zero attached hydrogens (tertiary/aromatic N) is 2. The molecule has 0 unspecified atom stereocenters. The molecule has 0 N–H and O–H groups in total. The van der Waals surface area contributed by atoms with E-state index in [0.717, 1.165) is 11.1 Å². The molecule has 2 heterocycles. The van der Waals surface area contributed by atoms with Crippen molar-refractivity contribution in [3.8, 4) is 5.75 Å². The number of hydrogen-bond acceptors (Lipinski definition) is 7. The number of esters is 2. The van der Waals surface area contributed by atoms with E-state index in [1.807, 2.05) is 30.3 Å². The Morgan fingerprint density at radius 2 is 1.89 bits per heavy atom. The van der Waals surface area contributed by atoms with Crippen molar-refractivity contribution in [2.24, 2.45) is 4.99 Å². The lowest BCUT2D eigenvalue weighted by molar-refractivity contribution is -0.139. The van der Waals surface area contributed by atoms with Gasteiger partial charge in [0.05, 0.1) is 28.5 Å². The third kappa shape index (κ3) is 5.09. The minimum atomic E-state index is -0.656. The quantitative estimate of drug-likeness (QED) is 0.376. The van der Waals surface area contributed by atoms with Crippen molar-refractivity contribution in [3.05, 3.63) is 96.2 Å². The van der Waals surface area contributed by atoms with Crippen molar-refractivity contribution >= 4 is 29.4 Å². The van der Waals surface area contributed by atoms with Crippen LogP contribution in [0.2, 0.25) is 0 Å². The van der Waals surface area contributed by atoms with Gasteiger partial charge in [0.15, 0.2) is 4.80 Å². The van der Waals surface area contributed by atoms with Crippen LogP contribution in [0.5, 0.6) is 5.75 Å². The number of rotatable bonds is 6. The Morgan fingerprint density at radius 3 is 2.53 bits per heavy atom. The molecule has 0 amide bonds. The monoisotopic (exact) mass is 504 g/mol. The van der Waals surface area contributed by atoms with Crippen LogP contribution in [0.3, 0.4) is 0 Å². The SMILES string of the molecule is CCOC(=O)C1=C(C)N=c2s/c(=C\c3cccc(OC(C)=O)c3)c(=O)n2[C@H]1c1ccc(C(C)C)cc1. The first kappa shape index (κ1) is 25.3. The van der Waals surface area contributed by atoms with Crippen LogP contribution in [0.1, 0.15) is 63.3 Å². The molecule has 1 aliphatic heterocycles. The Labute approximate surface area is 213 Å². The van der Waals surface area contributed by atoms with E-state index >= 15 is 0 Å². The van der Waals surface area contributed by atoms with Gasteiger partial charge >= 0.3 is 11.9 Å². The topological polar surface area (TPSA) is 87.0 Å². The van der Waals surface area contributed by atoms with Crippen LogP contribution in [-0.2, 0) is 14.3 Å². The molecule has 0 aliphatic carbocycles. The summed E-state index contributed by atoms with van der Waals surface area (Å²) < 4.78 is 12.5. The van der Waals surface area contributed by atoms with Crippen LogP contribution in [0.25, 0.3) is 6.08 Å². The molecule has 0 radical (unpaired) electrons. The number of thiazole rings is 1. The van der Waals surface area contributed by atoms with E-state index in [2.05, 4.69) is 18.8 Å². The van der Waals surface area contributed by atoms with Crippen LogP contribution in [-0.4, -0.2) is 23.1 Å². The summed E-state index contributed by atoms with van der Waals surface area (Å²) in [6, 6.07) is 14.2. The molecule has 0 saturated heterocycles. The maximum atomic E-state index is 13.7. The summed E-state index contributed by atoms with van der Waals surface area (Å²) in [6.45, 7) is 9.30. The van der Waals surface area contributed by atoms with Crippen molar-refractivity contribution in [1.82, 2.24) is 4.57 Å². The number of hydrogen-bond donors (Lipinski definition) is 0. The van der Waals surface area contributed by atoms with Gasteiger partial charge in [-0.1, -0.05) is 61.6 Å². The molecule has 0 spiro atoms. The van der Waals surface area contributed by atoms with Crippen LogP contribution < -0.4 is 19.6 Å². The fourth-order valence-corrected chi connectivity index (χ4v) is 5.20. The summed E-state index contributed by atoms with van der Waals surface area (Å²) in [6.07, 6.45) is 1.74. The molecule has 3 aromatic rings. The van der Waals surface area contributed by atoms with E-state index in [1.165, 1.54) is 18.3 Å². The zero-order valence-corrected chi connectivity index (χ0v) is 21.7. The summed E-state index contributed by atoms with van der Waals surface area (Å²) in [5.74, 6) is -0.157. The fourth-order valence-electron chi connectivity index (χ4n) is 4.16. The highest BCUT2D eigenvalue weighted by molar-refractivity contribution is 7.07. The van der Waals surface area contributed by atoms with Gasteiger partial charge in [0.25, 0.3) is 5.56 Å². The third-order valence-corrected chi connectivity index (χ3v) is 6.84. The van der Waals surface area contributed by atoms with Crippen LogP contribution in [0, 0.1) is 0 Å². The number of ether oxygens (including phenoxy) is 2. The summed E-state index contributed by atoms with van der Waals surface area (Å²) in [4.78, 5) is 43.1. The van der Waals surface area contributed by atoms with Crippen molar-refractivity contribution in [2.45, 2.75) is 46.6 Å². The van der Waals surface area contributed by atoms with Crippen LogP contribution in [0.15, 0.2) is 69.6 Å². The zero-order valence-electron chi connectivity index (χ0n) is 20.9. The maximum Gasteiger partial charge on any atom is 0.338 e. The number of allylic oxidation sites excluding steroid dienone is 1. The van der Waals surface area contributed by atoms with Gasteiger partial charge in [-0.15, -0.1) is 0 Å². The van der Waals surface area contributed by atoms with Crippen molar-refractivity contribution in [1.29, 1.82) is 0 Å². The van der Waals surface area contributed by atoms with Gasteiger partial charge in [0, 0.05) is 6.92 Å². The largest absolute Gasteiger partial charge is 0.463 e. The summed E-state index contributed by atoms with van der Waals surface area (Å²) in [5, 5.41) is 0. The zero-order chi connectivity index (χ0) is 26.0.